The van der Waals surface area contributed by atoms with Crippen LogP contribution in [-0.2, 0) is 9.59 Å². The number of carbonyl (C=O) groups excluding carboxylic acids is 2. The van der Waals surface area contributed by atoms with Gasteiger partial charge in [0.2, 0.25) is 5.91 Å². The van der Waals surface area contributed by atoms with Crippen LogP contribution in [0.2, 0.25) is 5.02 Å². The van der Waals surface area contributed by atoms with E-state index in [4.69, 9.17) is 11.6 Å². The molecule has 1 aliphatic carbocycles. The van der Waals surface area contributed by atoms with Crippen LogP contribution in [-0.4, -0.2) is 29.7 Å². The topological polar surface area (TPSA) is 58.2 Å². The molecule has 1 aromatic carbocycles. The predicted molar refractivity (Wildman–Crippen MR) is 103 cm³/mol. The Hall–Kier alpha value is -1.46. The Balaban J connectivity index is 1.65. The van der Waals surface area contributed by atoms with Gasteiger partial charge in [0.1, 0.15) is 0 Å². The highest BCUT2D eigenvalue weighted by Crippen LogP contribution is 2.40. The maximum atomic E-state index is 12.5. The Morgan fingerprint density at radius 3 is 3.04 bits per heavy atom. The van der Waals surface area contributed by atoms with Crippen molar-refractivity contribution >= 4 is 41.3 Å². The number of benzene rings is 1. The van der Waals surface area contributed by atoms with Crippen molar-refractivity contribution in [3.05, 3.63) is 39.8 Å². The highest BCUT2D eigenvalue weighted by molar-refractivity contribution is 8.04. The molecule has 0 bridgehead atoms. The minimum atomic E-state index is -0.0548. The molecule has 3 unspecified atom stereocenters. The Morgan fingerprint density at radius 1 is 1.44 bits per heavy atom. The van der Waals surface area contributed by atoms with Crippen molar-refractivity contribution in [3.63, 3.8) is 0 Å². The SMILES string of the molecule is CCCNC(=O)C1CCC2S/C(=C/c3cccc(Cl)c3)C(=O)NC2C1. The summed E-state index contributed by atoms with van der Waals surface area (Å²) in [5.74, 6) is 0.0767. The summed E-state index contributed by atoms with van der Waals surface area (Å²) < 4.78 is 0. The first-order valence-corrected chi connectivity index (χ1v) is 10.0. The number of fused-ring (bicyclic) bond motifs is 1. The van der Waals surface area contributed by atoms with Crippen LogP contribution in [0.5, 0.6) is 0 Å². The van der Waals surface area contributed by atoms with E-state index < -0.39 is 0 Å². The first-order valence-electron chi connectivity index (χ1n) is 8.79. The molecule has 2 N–H and O–H groups in total. The highest BCUT2D eigenvalue weighted by Gasteiger charge is 2.39. The van der Waals surface area contributed by atoms with Crippen LogP contribution in [0.1, 0.15) is 38.2 Å². The molecule has 0 radical (unpaired) electrons. The Morgan fingerprint density at radius 2 is 2.28 bits per heavy atom. The van der Waals surface area contributed by atoms with E-state index in [2.05, 4.69) is 10.6 Å². The highest BCUT2D eigenvalue weighted by atomic mass is 35.5. The zero-order chi connectivity index (χ0) is 17.8. The molecule has 2 fully saturated rings. The molecule has 1 saturated carbocycles. The first kappa shape index (κ1) is 18.3. The van der Waals surface area contributed by atoms with Gasteiger partial charge in [0.15, 0.2) is 0 Å². The lowest BCUT2D eigenvalue weighted by atomic mass is 9.84. The lowest BCUT2D eigenvalue weighted by Gasteiger charge is -2.39. The molecule has 1 saturated heterocycles. The largest absolute Gasteiger partial charge is 0.356 e. The number of nitrogens with one attached hydrogen (secondary N) is 2. The van der Waals surface area contributed by atoms with E-state index in [1.165, 1.54) is 0 Å². The summed E-state index contributed by atoms with van der Waals surface area (Å²) in [4.78, 5) is 25.4. The lowest BCUT2D eigenvalue weighted by molar-refractivity contribution is -0.127. The third-order valence-corrected chi connectivity index (χ3v) is 6.33. The summed E-state index contributed by atoms with van der Waals surface area (Å²) in [6, 6.07) is 7.55. The number of halogens is 1. The van der Waals surface area contributed by atoms with E-state index in [-0.39, 0.29) is 23.8 Å². The van der Waals surface area contributed by atoms with Crippen LogP contribution in [0.25, 0.3) is 6.08 Å². The number of amides is 2. The number of thioether (sulfide) groups is 1. The molecule has 3 atom stereocenters. The molecule has 1 aliphatic heterocycles. The van der Waals surface area contributed by atoms with Crippen LogP contribution in [0.3, 0.4) is 0 Å². The number of rotatable bonds is 4. The Labute approximate surface area is 157 Å². The number of hydrogen-bond acceptors (Lipinski definition) is 3. The maximum absolute atomic E-state index is 12.5. The van der Waals surface area contributed by atoms with Gasteiger partial charge in [-0.2, -0.15) is 0 Å². The molecule has 0 spiro atoms. The summed E-state index contributed by atoms with van der Waals surface area (Å²) in [5.41, 5.74) is 0.927. The fourth-order valence-electron chi connectivity index (χ4n) is 3.37. The van der Waals surface area contributed by atoms with Gasteiger partial charge in [-0.25, -0.2) is 0 Å². The quantitative estimate of drug-likeness (QED) is 0.787. The third kappa shape index (κ3) is 4.59. The first-order chi connectivity index (χ1) is 12.1. The third-order valence-electron chi connectivity index (χ3n) is 4.67. The molecular formula is C19H23ClN2O2S. The zero-order valence-electron chi connectivity index (χ0n) is 14.3. The average Bonchev–Trinajstić information content (AvgIpc) is 2.60. The summed E-state index contributed by atoms with van der Waals surface area (Å²) in [6.45, 7) is 2.76. The van der Waals surface area contributed by atoms with Gasteiger partial charge in [-0.3, -0.25) is 9.59 Å². The minimum Gasteiger partial charge on any atom is -0.356 e. The second-order valence-corrected chi connectivity index (χ2v) is 8.32. The van der Waals surface area contributed by atoms with E-state index in [0.29, 0.717) is 10.3 Å². The maximum Gasteiger partial charge on any atom is 0.257 e. The van der Waals surface area contributed by atoms with Gasteiger partial charge in [-0.1, -0.05) is 30.7 Å². The van der Waals surface area contributed by atoms with E-state index in [1.807, 2.05) is 37.3 Å². The van der Waals surface area contributed by atoms with Crippen molar-refractivity contribution in [3.8, 4) is 0 Å². The predicted octanol–water partition coefficient (Wildman–Crippen LogP) is 3.61. The molecule has 4 nitrogen and oxygen atoms in total. The molecular weight excluding hydrogens is 356 g/mol. The van der Waals surface area contributed by atoms with Crippen molar-refractivity contribution in [1.82, 2.24) is 10.6 Å². The van der Waals surface area contributed by atoms with Crippen molar-refractivity contribution in [1.29, 1.82) is 0 Å². The average molecular weight is 379 g/mol. The number of hydrogen-bond donors (Lipinski definition) is 2. The molecule has 2 amide bonds. The molecule has 25 heavy (non-hydrogen) atoms. The molecule has 3 rings (SSSR count). The van der Waals surface area contributed by atoms with Crippen molar-refractivity contribution in [2.75, 3.05) is 6.54 Å². The van der Waals surface area contributed by atoms with Crippen molar-refractivity contribution in [2.45, 2.75) is 43.9 Å². The van der Waals surface area contributed by atoms with E-state index in [9.17, 15) is 9.59 Å². The van der Waals surface area contributed by atoms with Gasteiger partial charge in [-0.05, 0) is 49.5 Å². The molecule has 0 aromatic heterocycles. The monoisotopic (exact) mass is 378 g/mol. The lowest BCUT2D eigenvalue weighted by Crippen LogP contribution is -2.51. The van der Waals surface area contributed by atoms with Crippen LogP contribution in [0.4, 0.5) is 0 Å². The van der Waals surface area contributed by atoms with Gasteiger partial charge in [0.25, 0.3) is 5.91 Å². The Kier molecular flexibility index (Phi) is 6.07. The minimum absolute atomic E-state index is 0.00663. The summed E-state index contributed by atoms with van der Waals surface area (Å²) in [7, 11) is 0. The van der Waals surface area contributed by atoms with Gasteiger partial charge in [0.05, 0.1) is 4.91 Å². The normalized spacial score (nSPS) is 27.5. The van der Waals surface area contributed by atoms with Gasteiger partial charge < -0.3 is 10.6 Å². The standard InChI is InChI=1S/C19H23ClN2O2S/c1-2-8-21-18(23)13-6-7-16-15(11-13)22-19(24)17(25-16)10-12-4-3-5-14(20)9-12/h3-5,9-10,13,15-16H,2,6-8,11H2,1H3,(H,21,23)(H,22,24)/b17-10+. The second kappa shape index (κ2) is 8.28. The van der Waals surface area contributed by atoms with Crippen molar-refractivity contribution < 1.29 is 9.59 Å². The van der Waals surface area contributed by atoms with Gasteiger partial charge >= 0.3 is 0 Å². The van der Waals surface area contributed by atoms with E-state index in [1.54, 1.807) is 11.8 Å². The summed E-state index contributed by atoms with van der Waals surface area (Å²) in [6.07, 6.45) is 5.37. The van der Waals surface area contributed by atoms with Gasteiger partial charge in [-0.15, -0.1) is 11.8 Å². The van der Waals surface area contributed by atoms with Crippen LogP contribution < -0.4 is 10.6 Å². The van der Waals surface area contributed by atoms with E-state index >= 15 is 0 Å². The van der Waals surface area contributed by atoms with Crippen molar-refractivity contribution in [2.24, 2.45) is 5.92 Å². The van der Waals surface area contributed by atoms with Crippen LogP contribution >= 0.6 is 23.4 Å². The summed E-state index contributed by atoms with van der Waals surface area (Å²) >= 11 is 7.65. The molecule has 1 aromatic rings. The zero-order valence-corrected chi connectivity index (χ0v) is 15.8. The van der Waals surface area contributed by atoms with E-state index in [0.717, 1.165) is 42.7 Å². The smallest absolute Gasteiger partial charge is 0.257 e. The fourth-order valence-corrected chi connectivity index (χ4v) is 4.86. The summed E-state index contributed by atoms with van der Waals surface area (Å²) in [5, 5.41) is 7.07. The molecule has 134 valence electrons. The molecule has 6 heteroatoms. The second-order valence-electron chi connectivity index (χ2n) is 6.60. The van der Waals surface area contributed by atoms with Crippen LogP contribution in [0, 0.1) is 5.92 Å². The molecule has 2 aliphatic rings. The number of carbonyl (C=O) groups is 2. The fraction of sp³-hybridized carbons (Fsp3) is 0.474. The molecule has 1 heterocycles. The van der Waals surface area contributed by atoms with Crippen LogP contribution in [0.15, 0.2) is 29.2 Å². The Bertz CT molecular complexity index is 692. The van der Waals surface area contributed by atoms with Gasteiger partial charge in [0, 0.05) is 28.8 Å².